The molecule has 0 radical (unpaired) electrons. The predicted molar refractivity (Wildman–Crippen MR) is 68.7 cm³/mol. The molecule has 0 saturated carbocycles. The number of rotatable bonds is 6. The van der Waals surface area contributed by atoms with Crippen molar-refractivity contribution in [3.63, 3.8) is 0 Å². The number of hydrogen-bond acceptors (Lipinski definition) is 7. The van der Waals surface area contributed by atoms with Crippen LogP contribution in [0, 0.1) is 0 Å². The lowest BCUT2D eigenvalue weighted by Gasteiger charge is -2.23. The first-order valence-electron chi connectivity index (χ1n) is 6.52. The van der Waals surface area contributed by atoms with E-state index in [4.69, 9.17) is 14.2 Å². The molecule has 2 rings (SSSR count). The van der Waals surface area contributed by atoms with Gasteiger partial charge in [0, 0.05) is 6.04 Å². The Labute approximate surface area is 112 Å². The van der Waals surface area contributed by atoms with Crippen LogP contribution in [0.15, 0.2) is 0 Å². The molecule has 1 atom stereocenters. The smallest absolute Gasteiger partial charge is 0.325 e. The van der Waals surface area contributed by atoms with Gasteiger partial charge in [-0.05, 0) is 25.8 Å². The summed E-state index contributed by atoms with van der Waals surface area (Å²) in [5.41, 5.74) is 0. The first-order valence-corrected chi connectivity index (χ1v) is 6.52. The third kappa shape index (κ3) is 4.20. The summed E-state index contributed by atoms with van der Waals surface area (Å²) >= 11 is 0. The van der Waals surface area contributed by atoms with Gasteiger partial charge in [-0.1, -0.05) is 6.42 Å². The van der Waals surface area contributed by atoms with Gasteiger partial charge in [-0.2, -0.15) is 0 Å². The normalized spacial score (nSPS) is 18.9. The van der Waals surface area contributed by atoms with Crippen molar-refractivity contribution in [2.75, 3.05) is 27.4 Å². The van der Waals surface area contributed by atoms with E-state index in [0.717, 1.165) is 13.0 Å². The van der Waals surface area contributed by atoms with E-state index in [9.17, 15) is 0 Å². The number of aromatic nitrogens is 3. The number of hydrogen-bond donors (Lipinski definition) is 1. The van der Waals surface area contributed by atoms with Crippen LogP contribution in [-0.4, -0.2) is 48.4 Å². The fraction of sp³-hybridized carbons (Fsp3) is 0.750. The lowest BCUT2D eigenvalue weighted by Crippen LogP contribution is -2.35. The summed E-state index contributed by atoms with van der Waals surface area (Å²) in [6, 6.07) is 1.15. The summed E-state index contributed by atoms with van der Waals surface area (Å²) in [5.74, 6) is 0. The molecule has 7 heteroatoms. The molecule has 1 unspecified atom stereocenters. The van der Waals surface area contributed by atoms with Crippen LogP contribution in [0.1, 0.15) is 25.7 Å². The molecule has 19 heavy (non-hydrogen) atoms. The van der Waals surface area contributed by atoms with Gasteiger partial charge in [0.2, 0.25) is 0 Å². The first-order chi connectivity index (χ1) is 9.31. The molecule has 0 aromatic carbocycles. The molecule has 1 fully saturated rings. The highest BCUT2D eigenvalue weighted by atomic mass is 16.5. The molecule has 1 aromatic rings. The minimum Gasteiger partial charge on any atom is -0.467 e. The first kappa shape index (κ1) is 13.8. The molecular weight excluding hydrogens is 248 g/mol. The van der Waals surface area contributed by atoms with Gasteiger partial charge >= 0.3 is 18.0 Å². The van der Waals surface area contributed by atoms with Gasteiger partial charge in [-0.15, -0.1) is 15.0 Å². The van der Waals surface area contributed by atoms with Crippen molar-refractivity contribution in [2.45, 2.75) is 31.7 Å². The molecule has 106 valence electrons. The number of nitrogens with zero attached hydrogens (tertiary/aromatic N) is 3. The minimum atomic E-state index is 0.192. The largest absolute Gasteiger partial charge is 0.467 e. The Morgan fingerprint density at radius 1 is 1.05 bits per heavy atom. The Morgan fingerprint density at radius 2 is 1.74 bits per heavy atom. The van der Waals surface area contributed by atoms with E-state index in [1.807, 2.05) is 0 Å². The molecule has 1 N–H and O–H groups in total. The molecule has 1 saturated heterocycles. The second-order valence-corrected chi connectivity index (χ2v) is 4.38. The highest BCUT2D eigenvalue weighted by molar-refractivity contribution is 5.08. The third-order valence-corrected chi connectivity index (χ3v) is 3.05. The van der Waals surface area contributed by atoms with Gasteiger partial charge in [-0.25, -0.2) is 0 Å². The average Bonchev–Trinajstić information content (AvgIpc) is 2.48. The number of methoxy groups -OCH3 is 2. The van der Waals surface area contributed by atoms with E-state index >= 15 is 0 Å². The molecule has 0 bridgehead atoms. The Bertz CT molecular complexity index is 374. The van der Waals surface area contributed by atoms with Crippen molar-refractivity contribution in [3.05, 3.63) is 0 Å². The van der Waals surface area contributed by atoms with E-state index in [1.165, 1.54) is 33.5 Å². The molecule has 1 aliphatic heterocycles. The van der Waals surface area contributed by atoms with Gasteiger partial charge in [0.15, 0.2) is 0 Å². The zero-order valence-electron chi connectivity index (χ0n) is 11.4. The van der Waals surface area contributed by atoms with Gasteiger partial charge < -0.3 is 19.5 Å². The van der Waals surface area contributed by atoms with Crippen LogP contribution in [0.25, 0.3) is 0 Å². The second kappa shape index (κ2) is 7.08. The van der Waals surface area contributed by atoms with Crippen LogP contribution >= 0.6 is 0 Å². The topological polar surface area (TPSA) is 78.4 Å². The van der Waals surface area contributed by atoms with Crippen molar-refractivity contribution in [3.8, 4) is 18.0 Å². The molecule has 1 aliphatic rings. The van der Waals surface area contributed by atoms with Crippen molar-refractivity contribution < 1.29 is 14.2 Å². The van der Waals surface area contributed by atoms with E-state index in [0.29, 0.717) is 12.6 Å². The standard InChI is InChI=1S/C12H20N4O3/c1-17-10-14-11(18-2)16-12(15-10)19-8-6-9-5-3-4-7-13-9/h9,13H,3-8H2,1-2H3. The zero-order chi connectivity index (χ0) is 13.5. The van der Waals surface area contributed by atoms with Crippen molar-refractivity contribution in [1.29, 1.82) is 0 Å². The van der Waals surface area contributed by atoms with Crippen LogP contribution in [0.2, 0.25) is 0 Å². The van der Waals surface area contributed by atoms with Gasteiger partial charge in [0.25, 0.3) is 0 Å². The van der Waals surface area contributed by atoms with E-state index in [2.05, 4.69) is 20.3 Å². The minimum absolute atomic E-state index is 0.192. The highest BCUT2D eigenvalue weighted by Crippen LogP contribution is 2.15. The van der Waals surface area contributed by atoms with Crippen molar-refractivity contribution >= 4 is 0 Å². The second-order valence-electron chi connectivity index (χ2n) is 4.38. The molecular formula is C12H20N4O3. The fourth-order valence-corrected chi connectivity index (χ4v) is 2.03. The quantitative estimate of drug-likeness (QED) is 0.817. The van der Waals surface area contributed by atoms with Crippen LogP contribution in [-0.2, 0) is 0 Å². The molecule has 1 aromatic heterocycles. The van der Waals surface area contributed by atoms with Crippen LogP contribution in [0.3, 0.4) is 0 Å². The predicted octanol–water partition coefficient (Wildman–Crippen LogP) is 0.800. The summed E-state index contributed by atoms with van der Waals surface area (Å²) in [7, 11) is 2.98. The molecule has 0 aliphatic carbocycles. The number of piperidine rings is 1. The highest BCUT2D eigenvalue weighted by Gasteiger charge is 2.13. The lowest BCUT2D eigenvalue weighted by molar-refractivity contribution is 0.239. The third-order valence-electron chi connectivity index (χ3n) is 3.05. The van der Waals surface area contributed by atoms with Gasteiger partial charge in [-0.3, -0.25) is 0 Å². The summed E-state index contributed by atoms with van der Waals surface area (Å²) < 4.78 is 15.4. The summed E-state index contributed by atoms with van der Waals surface area (Å²) in [4.78, 5) is 11.9. The average molecular weight is 268 g/mol. The molecule has 2 heterocycles. The maximum atomic E-state index is 5.53. The van der Waals surface area contributed by atoms with E-state index < -0.39 is 0 Å². The lowest BCUT2D eigenvalue weighted by atomic mass is 10.0. The van der Waals surface area contributed by atoms with Crippen molar-refractivity contribution in [2.24, 2.45) is 0 Å². The number of ether oxygens (including phenoxy) is 3. The van der Waals surface area contributed by atoms with Gasteiger partial charge in [0.1, 0.15) is 0 Å². The summed E-state index contributed by atoms with van der Waals surface area (Å²) in [5, 5.41) is 3.47. The van der Waals surface area contributed by atoms with E-state index in [-0.39, 0.29) is 18.0 Å². The van der Waals surface area contributed by atoms with Crippen molar-refractivity contribution in [1.82, 2.24) is 20.3 Å². The Balaban J connectivity index is 1.84. The Morgan fingerprint density at radius 3 is 2.32 bits per heavy atom. The van der Waals surface area contributed by atoms with Crippen LogP contribution in [0.5, 0.6) is 18.0 Å². The molecule has 0 spiro atoms. The summed E-state index contributed by atoms with van der Waals surface area (Å²) in [6.07, 6.45) is 4.69. The van der Waals surface area contributed by atoms with Crippen LogP contribution in [0.4, 0.5) is 0 Å². The Kier molecular flexibility index (Phi) is 5.14. The number of nitrogens with one attached hydrogen (secondary N) is 1. The fourth-order valence-electron chi connectivity index (χ4n) is 2.03. The molecule has 0 amide bonds. The zero-order valence-corrected chi connectivity index (χ0v) is 11.4. The summed E-state index contributed by atoms with van der Waals surface area (Å²) in [6.45, 7) is 1.66. The van der Waals surface area contributed by atoms with Crippen LogP contribution < -0.4 is 19.5 Å². The SMILES string of the molecule is COc1nc(OC)nc(OCCC2CCCCN2)n1. The Hall–Kier alpha value is -1.63. The molecule has 7 nitrogen and oxygen atoms in total. The van der Waals surface area contributed by atoms with Gasteiger partial charge in [0.05, 0.1) is 20.8 Å². The maximum absolute atomic E-state index is 5.53. The van der Waals surface area contributed by atoms with E-state index in [1.54, 1.807) is 0 Å². The maximum Gasteiger partial charge on any atom is 0.325 e. The monoisotopic (exact) mass is 268 g/mol.